The molecule has 6 heteroatoms. The van der Waals surface area contributed by atoms with Crippen molar-refractivity contribution in [2.45, 2.75) is 6.92 Å². The Hall–Kier alpha value is -2.89. The van der Waals surface area contributed by atoms with E-state index in [1.807, 2.05) is 25.1 Å². The number of hydrogen-bond acceptors (Lipinski definition) is 5. The fourth-order valence-electron chi connectivity index (χ4n) is 2.42. The molecule has 3 aromatic rings. The van der Waals surface area contributed by atoms with Crippen molar-refractivity contribution in [1.82, 2.24) is 14.6 Å². The molecule has 0 aliphatic heterocycles. The Kier molecular flexibility index (Phi) is 3.50. The average molecular weight is 297 g/mol. The molecule has 0 aliphatic carbocycles. The molecule has 0 atom stereocenters. The van der Waals surface area contributed by atoms with Crippen molar-refractivity contribution < 1.29 is 14.3 Å². The van der Waals surface area contributed by atoms with Crippen LogP contribution in [0, 0.1) is 6.92 Å². The van der Waals surface area contributed by atoms with E-state index in [1.54, 1.807) is 30.9 Å². The quantitative estimate of drug-likeness (QED) is 0.692. The normalized spacial score (nSPS) is 10.7. The number of ether oxygens (including phenoxy) is 2. The van der Waals surface area contributed by atoms with Gasteiger partial charge in [-0.05, 0) is 36.8 Å². The predicted molar refractivity (Wildman–Crippen MR) is 81.7 cm³/mol. The van der Waals surface area contributed by atoms with Crippen LogP contribution in [0.4, 0.5) is 0 Å². The number of aryl methyl sites for hydroxylation is 1. The fraction of sp³-hybridized carbons (Fsp3) is 0.188. The smallest absolute Gasteiger partial charge is 0.168 e. The molecular formula is C16H15N3O3. The van der Waals surface area contributed by atoms with Gasteiger partial charge in [0.2, 0.25) is 0 Å². The summed E-state index contributed by atoms with van der Waals surface area (Å²) in [7, 11) is 3.17. The first-order valence-electron chi connectivity index (χ1n) is 6.71. The van der Waals surface area contributed by atoms with E-state index in [4.69, 9.17) is 9.47 Å². The third kappa shape index (κ3) is 2.18. The Morgan fingerprint density at radius 1 is 1.09 bits per heavy atom. The number of pyridine rings is 1. The largest absolute Gasteiger partial charge is 0.493 e. The topological polar surface area (TPSA) is 65.7 Å². The van der Waals surface area contributed by atoms with E-state index in [-0.39, 0.29) is 0 Å². The van der Waals surface area contributed by atoms with Gasteiger partial charge in [0.25, 0.3) is 0 Å². The number of rotatable bonds is 4. The number of hydrogen-bond donors (Lipinski definition) is 0. The average Bonchev–Trinajstić information content (AvgIpc) is 2.98. The summed E-state index contributed by atoms with van der Waals surface area (Å²) in [4.78, 5) is 11.1. The summed E-state index contributed by atoms with van der Waals surface area (Å²) >= 11 is 0. The molecular weight excluding hydrogens is 282 g/mol. The van der Waals surface area contributed by atoms with Crippen LogP contribution in [0.5, 0.6) is 11.5 Å². The van der Waals surface area contributed by atoms with Gasteiger partial charge in [0, 0.05) is 17.3 Å². The maximum atomic E-state index is 11.1. The SMILES string of the molecule is COc1ccc(-c2nnc3c(C)cc(C=O)cn23)cc1OC. The van der Waals surface area contributed by atoms with Gasteiger partial charge in [-0.1, -0.05) is 0 Å². The number of carbonyl (C=O) groups excluding carboxylic acids is 1. The third-order valence-electron chi connectivity index (χ3n) is 3.49. The monoisotopic (exact) mass is 297 g/mol. The Labute approximate surface area is 127 Å². The molecule has 0 spiro atoms. The Bertz CT molecular complexity index is 855. The molecule has 0 saturated heterocycles. The Balaban J connectivity index is 2.22. The summed E-state index contributed by atoms with van der Waals surface area (Å²) < 4.78 is 12.4. The lowest BCUT2D eigenvalue weighted by Crippen LogP contribution is -1.96. The predicted octanol–water partition coefficient (Wildman–Crippen LogP) is 2.53. The van der Waals surface area contributed by atoms with Crippen molar-refractivity contribution >= 4 is 11.9 Å². The molecule has 0 fully saturated rings. The van der Waals surface area contributed by atoms with Crippen LogP contribution in [0.1, 0.15) is 15.9 Å². The van der Waals surface area contributed by atoms with Gasteiger partial charge in [0.15, 0.2) is 29.3 Å². The van der Waals surface area contributed by atoms with Gasteiger partial charge in [0.05, 0.1) is 14.2 Å². The first kappa shape index (κ1) is 14.1. The lowest BCUT2D eigenvalue weighted by molar-refractivity contribution is 0.112. The molecule has 2 aromatic heterocycles. The summed E-state index contributed by atoms with van der Waals surface area (Å²) in [5.74, 6) is 1.90. The van der Waals surface area contributed by atoms with Crippen molar-refractivity contribution in [2.24, 2.45) is 0 Å². The second-order valence-electron chi connectivity index (χ2n) is 4.86. The number of aldehydes is 1. The van der Waals surface area contributed by atoms with Crippen LogP contribution in [0.15, 0.2) is 30.5 Å². The molecule has 3 rings (SSSR count). The molecule has 0 N–H and O–H groups in total. The van der Waals surface area contributed by atoms with Gasteiger partial charge in [0.1, 0.15) is 0 Å². The summed E-state index contributed by atoms with van der Waals surface area (Å²) in [5.41, 5.74) is 3.01. The van der Waals surface area contributed by atoms with Gasteiger partial charge < -0.3 is 9.47 Å². The highest BCUT2D eigenvalue weighted by Gasteiger charge is 2.13. The Morgan fingerprint density at radius 3 is 2.55 bits per heavy atom. The van der Waals surface area contributed by atoms with Crippen LogP contribution in [-0.2, 0) is 0 Å². The third-order valence-corrected chi connectivity index (χ3v) is 3.49. The molecule has 0 saturated carbocycles. The lowest BCUT2D eigenvalue weighted by Gasteiger charge is -2.09. The first-order valence-corrected chi connectivity index (χ1v) is 6.71. The van der Waals surface area contributed by atoms with E-state index in [9.17, 15) is 4.79 Å². The van der Waals surface area contributed by atoms with Crippen LogP contribution in [0.3, 0.4) is 0 Å². The van der Waals surface area contributed by atoms with Crippen molar-refractivity contribution in [2.75, 3.05) is 14.2 Å². The summed E-state index contributed by atoms with van der Waals surface area (Å²) in [5, 5.41) is 8.43. The minimum Gasteiger partial charge on any atom is -0.493 e. The van der Waals surface area contributed by atoms with E-state index in [2.05, 4.69) is 10.2 Å². The molecule has 0 bridgehead atoms. The van der Waals surface area contributed by atoms with Crippen LogP contribution in [-0.4, -0.2) is 35.1 Å². The van der Waals surface area contributed by atoms with E-state index >= 15 is 0 Å². The highest BCUT2D eigenvalue weighted by Crippen LogP contribution is 2.32. The maximum Gasteiger partial charge on any atom is 0.168 e. The minimum absolute atomic E-state index is 0.575. The zero-order valence-corrected chi connectivity index (χ0v) is 12.5. The molecule has 2 heterocycles. The number of methoxy groups -OCH3 is 2. The zero-order chi connectivity index (χ0) is 15.7. The van der Waals surface area contributed by atoms with Gasteiger partial charge in [-0.3, -0.25) is 9.20 Å². The van der Waals surface area contributed by atoms with Crippen molar-refractivity contribution in [3.63, 3.8) is 0 Å². The van der Waals surface area contributed by atoms with Crippen LogP contribution < -0.4 is 9.47 Å². The van der Waals surface area contributed by atoms with Crippen molar-refractivity contribution in [3.8, 4) is 22.9 Å². The highest BCUT2D eigenvalue weighted by atomic mass is 16.5. The minimum atomic E-state index is 0.575. The fourth-order valence-corrected chi connectivity index (χ4v) is 2.42. The molecule has 6 nitrogen and oxygen atoms in total. The van der Waals surface area contributed by atoms with Gasteiger partial charge >= 0.3 is 0 Å². The first-order chi connectivity index (χ1) is 10.7. The van der Waals surface area contributed by atoms with E-state index in [0.29, 0.717) is 22.9 Å². The van der Waals surface area contributed by atoms with E-state index in [1.165, 1.54) is 0 Å². The second-order valence-corrected chi connectivity index (χ2v) is 4.86. The maximum absolute atomic E-state index is 11.1. The number of carbonyl (C=O) groups is 1. The van der Waals surface area contributed by atoms with Gasteiger partial charge in [-0.25, -0.2) is 0 Å². The summed E-state index contributed by atoms with van der Waals surface area (Å²) in [6, 6.07) is 7.31. The van der Waals surface area contributed by atoms with Crippen LogP contribution in [0.2, 0.25) is 0 Å². The number of fused-ring (bicyclic) bond motifs is 1. The van der Waals surface area contributed by atoms with Crippen LogP contribution in [0.25, 0.3) is 17.0 Å². The van der Waals surface area contributed by atoms with Crippen molar-refractivity contribution in [1.29, 1.82) is 0 Å². The standard InChI is InChI=1S/C16H15N3O3/c1-10-6-11(9-20)8-19-15(10)17-18-16(19)12-4-5-13(21-2)14(7-12)22-3/h4-9H,1-3H3. The van der Waals surface area contributed by atoms with Gasteiger partial charge in [-0.2, -0.15) is 0 Å². The zero-order valence-electron chi connectivity index (χ0n) is 12.5. The molecule has 1 aromatic carbocycles. The van der Waals surface area contributed by atoms with E-state index in [0.717, 1.165) is 23.1 Å². The molecule has 0 amide bonds. The van der Waals surface area contributed by atoms with Crippen LogP contribution >= 0.6 is 0 Å². The Morgan fingerprint density at radius 2 is 1.86 bits per heavy atom. The highest BCUT2D eigenvalue weighted by molar-refractivity contribution is 5.77. The second kappa shape index (κ2) is 5.48. The number of nitrogens with zero attached hydrogens (tertiary/aromatic N) is 3. The van der Waals surface area contributed by atoms with Gasteiger partial charge in [-0.15, -0.1) is 10.2 Å². The molecule has 0 aliphatic rings. The molecule has 0 radical (unpaired) electrons. The van der Waals surface area contributed by atoms with Crippen molar-refractivity contribution in [3.05, 3.63) is 41.6 Å². The molecule has 0 unspecified atom stereocenters. The number of aromatic nitrogens is 3. The van der Waals surface area contributed by atoms with E-state index < -0.39 is 0 Å². The molecule has 22 heavy (non-hydrogen) atoms. The number of benzene rings is 1. The summed E-state index contributed by atoms with van der Waals surface area (Å²) in [6.45, 7) is 1.90. The summed E-state index contributed by atoms with van der Waals surface area (Å²) in [6.07, 6.45) is 2.53. The molecule has 112 valence electrons. The lowest BCUT2D eigenvalue weighted by atomic mass is 10.1.